The summed E-state index contributed by atoms with van der Waals surface area (Å²) in [5.74, 6) is 0.569. The van der Waals surface area contributed by atoms with Gasteiger partial charge in [0, 0.05) is 54.4 Å². The van der Waals surface area contributed by atoms with E-state index in [0.29, 0.717) is 5.92 Å². The Kier molecular flexibility index (Phi) is 3.78. The molecule has 4 heterocycles. The molecule has 0 bridgehead atoms. The number of aromatic amines is 1. The fraction of sp³-hybridized carbons (Fsp3) is 0.375. The van der Waals surface area contributed by atoms with Gasteiger partial charge in [-0.2, -0.15) is 5.10 Å². The molecule has 0 saturated carbocycles. The van der Waals surface area contributed by atoms with Gasteiger partial charge in [0.05, 0.1) is 0 Å². The highest BCUT2D eigenvalue weighted by Crippen LogP contribution is 2.26. The van der Waals surface area contributed by atoms with Gasteiger partial charge < -0.3 is 0 Å². The molecule has 22 heavy (non-hydrogen) atoms. The van der Waals surface area contributed by atoms with Gasteiger partial charge in [-0.25, -0.2) is 4.98 Å². The molecule has 0 radical (unpaired) electrons. The maximum Gasteiger partial charge on any atom is 0.193 e. The predicted octanol–water partition coefficient (Wildman–Crippen LogP) is 3.04. The molecule has 0 unspecified atom stereocenters. The number of H-pyrrole nitrogens is 1. The second-order valence-corrected chi connectivity index (χ2v) is 6.64. The average Bonchev–Trinajstić information content (AvgIpc) is 3.29. The number of rotatable bonds is 4. The molecule has 0 amide bonds. The van der Waals surface area contributed by atoms with E-state index in [9.17, 15) is 0 Å². The summed E-state index contributed by atoms with van der Waals surface area (Å²) in [6.45, 7) is 3.22. The van der Waals surface area contributed by atoms with E-state index in [1.165, 1.54) is 24.2 Å². The Morgan fingerprint density at radius 2 is 2.32 bits per heavy atom. The van der Waals surface area contributed by atoms with Crippen molar-refractivity contribution in [1.82, 2.24) is 24.6 Å². The van der Waals surface area contributed by atoms with Crippen LogP contribution in [0.15, 0.2) is 42.2 Å². The molecule has 0 aromatic carbocycles. The second kappa shape index (κ2) is 6.06. The lowest BCUT2D eigenvalue weighted by Gasteiger charge is -2.32. The molecule has 1 fully saturated rings. The molecule has 1 saturated heterocycles. The largest absolute Gasteiger partial charge is 0.297 e. The smallest absolute Gasteiger partial charge is 0.193 e. The highest BCUT2D eigenvalue weighted by molar-refractivity contribution is 7.12. The van der Waals surface area contributed by atoms with Gasteiger partial charge in [0.1, 0.15) is 0 Å². The van der Waals surface area contributed by atoms with E-state index >= 15 is 0 Å². The highest BCUT2D eigenvalue weighted by Gasteiger charge is 2.23. The topological polar surface area (TPSA) is 49.7 Å². The first-order valence-corrected chi connectivity index (χ1v) is 8.56. The van der Waals surface area contributed by atoms with Crippen LogP contribution in [0.25, 0.3) is 5.13 Å². The summed E-state index contributed by atoms with van der Waals surface area (Å²) in [5, 5.41) is 10.3. The van der Waals surface area contributed by atoms with E-state index in [1.807, 2.05) is 17.8 Å². The summed E-state index contributed by atoms with van der Waals surface area (Å²) in [5.41, 5.74) is 2.57. The Hall–Kier alpha value is -1.92. The maximum absolute atomic E-state index is 4.42. The molecular formula is C16H19N5S. The second-order valence-electron chi connectivity index (χ2n) is 5.77. The molecule has 0 spiro atoms. The minimum atomic E-state index is 0.569. The number of aromatic nitrogens is 4. The molecule has 3 aromatic rings. The molecule has 1 N–H and O–H groups in total. The lowest BCUT2D eigenvalue weighted by molar-refractivity contribution is 0.195. The SMILES string of the molecule is c1cc(CN2CCC[C@@H](c3ccn[nH]3)C2)n(-c2nccs2)c1. The minimum absolute atomic E-state index is 0.569. The monoisotopic (exact) mass is 313 g/mol. The van der Waals surface area contributed by atoms with Crippen molar-refractivity contribution >= 4 is 11.3 Å². The summed E-state index contributed by atoms with van der Waals surface area (Å²) in [4.78, 5) is 6.95. The van der Waals surface area contributed by atoms with Gasteiger partial charge in [-0.05, 0) is 37.6 Å². The van der Waals surface area contributed by atoms with Crippen LogP contribution < -0.4 is 0 Å². The van der Waals surface area contributed by atoms with Gasteiger partial charge in [0.25, 0.3) is 0 Å². The van der Waals surface area contributed by atoms with Crippen LogP contribution in [-0.2, 0) is 6.54 Å². The van der Waals surface area contributed by atoms with Gasteiger partial charge in [0.15, 0.2) is 5.13 Å². The summed E-state index contributed by atoms with van der Waals surface area (Å²) in [6.07, 6.45) is 8.29. The minimum Gasteiger partial charge on any atom is -0.297 e. The summed E-state index contributed by atoms with van der Waals surface area (Å²) < 4.78 is 2.20. The lowest BCUT2D eigenvalue weighted by atomic mass is 9.95. The fourth-order valence-corrected chi connectivity index (χ4v) is 3.90. The maximum atomic E-state index is 4.42. The molecular weight excluding hydrogens is 294 g/mol. The Morgan fingerprint density at radius 3 is 3.14 bits per heavy atom. The molecule has 1 atom stereocenters. The Morgan fingerprint density at radius 1 is 1.32 bits per heavy atom. The molecule has 0 aliphatic carbocycles. The summed E-state index contributed by atoms with van der Waals surface area (Å²) >= 11 is 1.68. The first-order valence-electron chi connectivity index (χ1n) is 7.68. The Labute approximate surface area is 133 Å². The zero-order valence-corrected chi connectivity index (χ0v) is 13.2. The number of nitrogens with one attached hydrogen (secondary N) is 1. The Balaban J connectivity index is 1.49. The third-order valence-electron chi connectivity index (χ3n) is 4.31. The molecule has 114 valence electrons. The first-order chi connectivity index (χ1) is 10.9. The number of piperidine rings is 1. The van der Waals surface area contributed by atoms with Crippen LogP contribution >= 0.6 is 11.3 Å². The van der Waals surface area contributed by atoms with Crippen molar-refractivity contribution < 1.29 is 0 Å². The number of hydrogen-bond acceptors (Lipinski definition) is 4. The Bertz CT molecular complexity index is 701. The van der Waals surface area contributed by atoms with Gasteiger partial charge in [-0.1, -0.05) is 0 Å². The molecule has 6 heteroatoms. The van der Waals surface area contributed by atoms with Crippen LogP contribution in [0.3, 0.4) is 0 Å². The third kappa shape index (κ3) is 2.71. The van der Waals surface area contributed by atoms with E-state index in [2.05, 4.69) is 49.0 Å². The normalized spacial score (nSPS) is 19.5. The van der Waals surface area contributed by atoms with Crippen molar-refractivity contribution in [3.05, 3.63) is 53.6 Å². The van der Waals surface area contributed by atoms with Crippen molar-refractivity contribution in [2.24, 2.45) is 0 Å². The van der Waals surface area contributed by atoms with Crippen molar-refractivity contribution in [2.45, 2.75) is 25.3 Å². The van der Waals surface area contributed by atoms with Gasteiger partial charge in [-0.15, -0.1) is 11.3 Å². The number of likely N-dealkylation sites (tertiary alicyclic amines) is 1. The van der Waals surface area contributed by atoms with E-state index in [-0.39, 0.29) is 0 Å². The lowest BCUT2D eigenvalue weighted by Crippen LogP contribution is -2.34. The molecule has 1 aliphatic heterocycles. The van der Waals surface area contributed by atoms with Crippen molar-refractivity contribution in [2.75, 3.05) is 13.1 Å². The van der Waals surface area contributed by atoms with Crippen LogP contribution in [0.2, 0.25) is 0 Å². The number of thiazole rings is 1. The van der Waals surface area contributed by atoms with Gasteiger partial charge >= 0.3 is 0 Å². The van der Waals surface area contributed by atoms with Gasteiger partial charge in [-0.3, -0.25) is 14.6 Å². The van der Waals surface area contributed by atoms with Crippen LogP contribution in [0, 0.1) is 0 Å². The highest BCUT2D eigenvalue weighted by atomic mass is 32.1. The summed E-state index contributed by atoms with van der Waals surface area (Å²) in [7, 11) is 0. The van der Waals surface area contributed by atoms with Crippen molar-refractivity contribution in [1.29, 1.82) is 0 Å². The number of nitrogens with zero attached hydrogens (tertiary/aromatic N) is 4. The van der Waals surface area contributed by atoms with Crippen molar-refractivity contribution in [3.8, 4) is 5.13 Å². The summed E-state index contributed by atoms with van der Waals surface area (Å²) in [6, 6.07) is 6.40. The third-order valence-corrected chi connectivity index (χ3v) is 5.08. The zero-order valence-electron chi connectivity index (χ0n) is 12.4. The van der Waals surface area contributed by atoms with Crippen molar-refractivity contribution in [3.63, 3.8) is 0 Å². The van der Waals surface area contributed by atoms with Gasteiger partial charge in [0.2, 0.25) is 0 Å². The predicted molar refractivity (Wildman–Crippen MR) is 87.3 cm³/mol. The average molecular weight is 313 g/mol. The number of hydrogen-bond donors (Lipinski definition) is 1. The zero-order chi connectivity index (χ0) is 14.8. The standard InChI is InChI=1S/C16H19N5S/c1-3-13(15-5-6-18-19-15)11-20(8-1)12-14-4-2-9-21(14)16-17-7-10-22-16/h2,4-7,9-10,13H,1,3,8,11-12H2,(H,18,19)/t13-/m1/s1. The van der Waals surface area contributed by atoms with E-state index in [4.69, 9.17) is 0 Å². The van der Waals surface area contributed by atoms with Crippen LogP contribution in [0.4, 0.5) is 0 Å². The van der Waals surface area contributed by atoms with E-state index in [0.717, 1.165) is 24.8 Å². The molecule has 3 aromatic heterocycles. The molecule has 5 nitrogen and oxygen atoms in total. The molecule has 4 rings (SSSR count). The van der Waals surface area contributed by atoms with E-state index in [1.54, 1.807) is 11.3 Å². The quantitative estimate of drug-likeness (QED) is 0.805. The molecule has 1 aliphatic rings. The van der Waals surface area contributed by atoms with Crippen LogP contribution in [-0.4, -0.2) is 37.7 Å². The van der Waals surface area contributed by atoms with Crippen LogP contribution in [0.1, 0.15) is 30.1 Å². The fourth-order valence-electron chi connectivity index (χ4n) is 3.24. The first kappa shape index (κ1) is 13.7. The van der Waals surface area contributed by atoms with E-state index < -0.39 is 0 Å². The van der Waals surface area contributed by atoms with Crippen LogP contribution in [0.5, 0.6) is 0 Å².